The Morgan fingerprint density at radius 2 is 1.59 bits per heavy atom. The van der Waals surface area contributed by atoms with E-state index in [2.05, 4.69) is 52.4 Å². The van der Waals surface area contributed by atoms with Crippen molar-refractivity contribution >= 4 is 16.8 Å². The van der Waals surface area contributed by atoms with Crippen molar-refractivity contribution in [1.29, 1.82) is 0 Å². The van der Waals surface area contributed by atoms with Crippen LogP contribution in [0.2, 0.25) is 0 Å². The highest BCUT2D eigenvalue weighted by Crippen LogP contribution is 2.35. The Hall–Kier alpha value is -3.53. The van der Waals surface area contributed by atoms with E-state index in [0.29, 0.717) is 18.2 Å². The molecule has 0 bridgehead atoms. The quantitative estimate of drug-likeness (QED) is 0.397. The van der Waals surface area contributed by atoms with Gasteiger partial charge in [-0.1, -0.05) is 54.6 Å². The summed E-state index contributed by atoms with van der Waals surface area (Å²) in [6, 6.07) is 26.7. The van der Waals surface area contributed by atoms with Crippen LogP contribution >= 0.6 is 0 Å². The zero-order valence-corrected chi connectivity index (χ0v) is 18.1. The molecule has 5 rings (SSSR count). The number of amides is 1. The predicted molar refractivity (Wildman–Crippen MR) is 127 cm³/mol. The van der Waals surface area contributed by atoms with Crippen molar-refractivity contribution in [1.82, 2.24) is 14.9 Å². The van der Waals surface area contributed by atoms with Gasteiger partial charge in [0.25, 0.3) is 5.91 Å². The molecule has 0 saturated heterocycles. The van der Waals surface area contributed by atoms with E-state index in [9.17, 15) is 4.79 Å². The lowest BCUT2D eigenvalue weighted by Gasteiger charge is -2.37. The molecule has 0 radical (unpaired) electrons. The van der Waals surface area contributed by atoms with Crippen LogP contribution in [0.3, 0.4) is 0 Å². The zero-order chi connectivity index (χ0) is 21.8. The minimum atomic E-state index is 0.00178. The summed E-state index contributed by atoms with van der Waals surface area (Å²) in [6.07, 6.45) is 7.78. The lowest BCUT2D eigenvalue weighted by Crippen LogP contribution is -2.42. The second-order valence-electron chi connectivity index (χ2n) is 8.60. The molecular weight excluding hydrogens is 394 g/mol. The number of fused-ring (bicyclic) bond motifs is 1. The fourth-order valence-electron chi connectivity index (χ4n) is 4.85. The van der Waals surface area contributed by atoms with Crippen LogP contribution in [0.15, 0.2) is 91.3 Å². The van der Waals surface area contributed by atoms with Gasteiger partial charge in [0.15, 0.2) is 0 Å². The topological polar surface area (TPSA) is 46.1 Å². The molecule has 4 heteroatoms. The average Bonchev–Trinajstić information content (AvgIpc) is 2.88. The highest BCUT2D eigenvalue weighted by atomic mass is 16.2. The van der Waals surface area contributed by atoms with E-state index in [1.54, 1.807) is 6.20 Å². The van der Waals surface area contributed by atoms with Crippen LogP contribution in [0.5, 0.6) is 0 Å². The predicted octanol–water partition coefficient (Wildman–Crippen LogP) is 6.00. The highest BCUT2D eigenvalue weighted by Gasteiger charge is 2.30. The Labute approximate surface area is 189 Å². The number of carbonyl (C=O) groups is 1. The Balaban J connectivity index is 1.39. The van der Waals surface area contributed by atoms with Gasteiger partial charge in [0.05, 0.1) is 5.52 Å². The Bertz CT molecular complexity index is 1180. The van der Waals surface area contributed by atoms with Crippen LogP contribution in [-0.2, 0) is 6.54 Å². The van der Waals surface area contributed by atoms with Crippen LogP contribution in [0.1, 0.15) is 53.2 Å². The SMILES string of the molecule is O=C(c1ccccn1)N(Cc1cnc2ccccc2c1)C1CCC(c2ccccc2)CC1. The fraction of sp³-hybridized carbons (Fsp3) is 0.250. The third kappa shape index (κ3) is 4.40. The second-order valence-corrected chi connectivity index (χ2v) is 8.60. The van der Waals surface area contributed by atoms with Crippen LogP contribution in [-0.4, -0.2) is 26.8 Å². The van der Waals surface area contributed by atoms with E-state index in [-0.39, 0.29) is 11.9 Å². The van der Waals surface area contributed by atoms with Crippen LogP contribution in [0.4, 0.5) is 0 Å². The zero-order valence-electron chi connectivity index (χ0n) is 18.1. The molecule has 1 fully saturated rings. The van der Waals surface area contributed by atoms with Crippen molar-refractivity contribution in [3.05, 3.63) is 108 Å². The number of rotatable bonds is 5. The first-order valence-electron chi connectivity index (χ1n) is 11.4. The van der Waals surface area contributed by atoms with E-state index in [4.69, 9.17) is 0 Å². The first-order valence-corrected chi connectivity index (χ1v) is 11.4. The fourth-order valence-corrected chi connectivity index (χ4v) is 4.85. The van der Waals surface area contributed by atoms with Crippen LogP contribution < -0.4 is 0 Å². The Morgan fingerprint density at radius 1 is 0.844 bits per heavy atom. The molecule has 4 nitrogen and oxygen atoms in total. The van der Waals surface area contributed by atoms with Crippen molar-refractivity contribution in [3.63, 3.8) is 0 Å². The molecule has 0 unspecified atom stereocenters. The van der Waals surface area contributed by atoms with E-state index in [0.717, 1.165) is 42.1 Å². The van der Waals surface area contributed by atoms with Gasteiger partial charge in [-0.3, -0.25) is 14.8 Å². The van der Waals surface area contributed by atoms with Gasteiger partial charge < -0.3 is 4.90 Å². The Kier molecular flexibility index (Phi) is 5.93. The lowest BCUT2D eigenvalue weighted by atomic mass is 9.81. The van der Waals surface area contributed by atoms with Gasteiger partial charge in [0.2, 0.25) is 0 Å². The highest BCUT2D eigenvalue weighted by molar-refractivity contribution is 5.92. The van der Waals surface area contributed by atoms with Crippen molar-refractivity contribution in [3.8, 4) is 0 Å². The molecule has 1 aliphatic rings. The number of aromatic nitrogens is 2. The number of carbonyl (C=O) groups excluding carboxylic acids is 1. The molecule has 1 amide bonds. The molecule has 2 aromatic carbocycles. The Morgan fingerprint density at radius 3 is 2.38 bits per heavy atom. The van der Waals surface area contributed by atoms with Crippen LogP contribution in [0, 0.1) is 0 Å². The molecule has 2 aromatic heterocycles. The van der Waals surface area contributed by atoms with Crippen molar-refractivity contribution in [2.45, 2.75) is 44.2 Å². The van der Waals surface area contributed by atoms with Gasteiger partial charge in [-0.2, -0.15) is 0 Å². The maximum Gasteiger partial charge on any atom is 0.272 e. The smallest absolute Gasteiger partial charge is 0.272 e. The van der Waals surface area contributed by atoms with Gasteiger partial charge in [0, 0.05) is 30.4 Å². The van der Waals surface area contributed by atoms with Crippen LogP contribution in [0.25, 0.3) is 10.9 Å². The summed E-state index contributed by atoms with van der Waals surface area (Å²) in [5, 5.41) is 1.10. The molecule has 0 aliphatic heterocycles. The first-order chi connectivity index (χ1) is 15.8. The molecule has 1 saturated carbocycles. The van der Waals surface area contributed by atoms with E-state index in [1.807, 2.05) is 47.5 Å². The van der Waals surface area contributed by atoms with Gasteiger partial charge >= 0.3 is 0 Å². The maximum atomic E-state index is 13.5. The third-order valence-corrected chi connectivity index (χ3v) is 6.55. The minimum Gasteiger partial charge on any atom is -0.330 e. The van der Waals surface area contributed by atoms with Gasteiger partial charge in [-0.15, -0.1) is 0 Å². The number of hydrogen-bond acceptors (Lipinski definition) is 3. The molecular formula is C28H27N3O. The van der Waals surface area contributed by atoms with Crippen molar-refractivity contribution < 1.29 is 4.79 Å². The van der Waals surface area contributed by atoms with E-state index >= 15 is 0 Å². The molecule has 32 heavy (non-hydrogen) atoms. The molecule has 0 spiro atoms. The minimum absolute atomic E-state index is 0.00178. The van der Waals surface area contributed by atoms with Crippen molar-refractivity contribution in [2.75, 3.05) is 0 Å². The number of para-hydroxylation sites is 1. The summed E-state index contributed by atoms with van der Waals surface area (Å²) >= 11 is 0. The van der Waals surface area contributed by atoms with Gasteiger partial charge in [-0.05, 0) is 67.0 Å². The summed E-state index contributed by atoms with van der Waals surface area (Å²) in [5.74, 6) is 0.573. The summed E-state index contributed by atoms with van der Waals surface area (Å²) < 4.78 is 0. The number of pyridine rings is 2. The summed E-state index contributed by atoms with van der Waals surface area (Å²) in [7, 11) is 0. The van der Waals surface area contributed by atoms with E-state index in [1.165, 1.54) is 5.56 Å². The normalized spacial score (nSPS) is 18.4. The second kappa shape index (κ2) is 9.31. The molecule has 2 heterocycles. The maximum absolute atomic E-state index is 13.5. The molecule has 4 aromatic rings. The average molecular weight is 422 g/mol. The standard InChI is InChI=1S/C28H27N3O/c32-28(27-12-6-7-17-29-27)31(20-21-18-24-10-4-5-11-26(24)30-19-21)25-15-13-23(14-16-25)22-8-2-1-3-9-22/h1-12,17-19,23,25H,13-16,20H2. The molecule has 0 atom stereocenters. The number of nitrogens with zero attached hydrogens (tertiary/aromatic N) is 3. The third-order valence-electron chi connectivity index (χ3n) is 6.55. The van der Waals surface area contributed by atoms with Crippen molar-refractivity contribution in [2.24, 2.45) is 0 Å². The summed E-state index contributed by atoms with van der Waals surface area (Å²) in [4.78, 5) is 24.5. The summed E-state index contributed by atoms with van der Waals surface area (Å²) in [6.45, 7) is 0.550. The summed E-state index contributed by atoms with van der Waals surface area (Å²) in [5.41, 5.74) is 3.94. The molecule has 0 N–H and O–H groups in total. The number of hydrogen-bond donors (Lipinski definition) is 0. The lowest BCUT2D eigenvalue weighted by molar-refractivity contribution is 0.0599. The molecule has 1 aliphatic carbocycles. The van der Waals surface area contributed by atoms with E-state index < -0.39 is 0 Å². The number of benzene rings is 2. The van der Waals surface area contributed by atoms with Gasteiger partial charge in [-0.25, -0.2) is 0 Å². The monoisotopic (exact) mass is 421 g/mol. The molecule has 160 valence electrons. The first kappa shape index (κ1) is 20.4. The van der Waals surface area contributed by atoms with Gasteiger partial charge in [0.1, 0.15) is 5.69 Å². The largest absolute Gasteiger partial charge is 0.330 e.